The van der Waals surface area contributed by atoms with Crippen molar-refractivity contribution in [3.8, 4) is 11.5 Å². The van der Waals surface area contributed by atoms with Crippen LogP contribution >= 0.6 is 0 Å². The molecular formula is C30H35NO10. The summed E-state index contributed by atoms with van der Waals surface area (Å²) >= 11 is 0. The van der Waals surface area contributed by atoms with Gasteiger partial charge in [0.05, 0.1) is 42.1 Å². The molecule has 0 radical (unpaired) electrons. The lowest BCUT2D eigenvalue weighted by atomic mass is 9.67. The van der Waals surface area contributed by atoms with Crippen LogP contribution in [0, 0.1) is 0 Å². The number of esters is 1. The van der Waals surface area contributed by atoms with E-state index in [1.165, 1.54) is 31.4 Å². The highest BCUT2D eigenvalue weighted by molar-refractivity contribution is 6.30. The maximum atomic E-state index is 13.6. The molecule has 11 heteroatoms. The molecule has 41 heavy (non-hydrogen) atoms. The van der Waals surface area contributed by atoms with Crippen LogP contribution in [0.4, 0.5) is 0 Å². The third-order valence-corrected chi connectivity index (χ3v) is 8.77. The van der Waals surface area contributed by atoms with Crippen molar-refractivity contribution in [1.29, 1.82) is 0 Å². The van der Waals surface area contributed by atoms with Gasteiger partial charge < -0.3 is 39.5 Å². The Morgan fingerprint density at radius 2 is 1.85 bits per heavy atom. The van der Waals surface area contributed by atoms with Crippen molar-refractivity contribution in [3.05, 3.63) is 57.6 Å². The smallest absolute Gasteiger partial charge is 0.316 e. The van der Waals surface area contributed by atoms with E-state index in [0.717, 1.165) is 0 Å². The van der Waals surface area contributed by atoms with Crippen LogP contribution in [-0.2, 0) is 19.0 Å². The Balaban J connectivity index is 1.69. The number of hydrogen-bond acceptors (Lipinski definition) is 11. The van der Waals surface area contributed by atoms with Crippen LogP contribution < -0.4 is 0 Å². The zero-order valence-corrected chi connectivity index (χ0v) is 23.6. The molecule has 2 aliphatic carbocycles. The Morgan fingerprint density at radius 1 is 1.15 bits per heavy atom. The van der Waals surface area contributed by atoms with Crippen LogP contribution in [0.3, 0.4) is 0 Å². The van der Waals surface area contributed by atoms with Crippen LogP contribution in [0.5, 0.6) is 11.5 Å². The molecule has 0 spiro atoms. The first-order chi connectivity index (χ1) is 19.3. The number of carbonyl (C=O) groups excluding carboxylic acids is 3. The lowest BCUT2D eigenvalue weighted by molar-refractivity contribution is -0.258. The fraction of sp³-hybridized carbons (Fsp3) is 0.500. The topological polar surface area (TPSA) is 163 Å². The summed E-state index contributed by atoms with van der Waals surface area (Å²) in [4.78, 5) is 42.1. The fourth-order valence-electron chi connectivity index (χ4n) is 6.50. The van der Waals surface area contributed by atoms with Gasteiger partial charge in [-0.2, -0.15) is 0 Å². The van der Waals surface area contributed by atoms with Gasteiger partial charge in [-0.05, 0) is 45.1 Å². The number of ether oxygens (including phenoxy) is 3. The molecule has 2 aromatic carbocycles. The predicted octanol–water partition coefficient (Wildman–Crippen LogP) is 2.16. The van der Waals surface area contributed by atoms with E-state index in [2.05, 4.69) is 0 Å². The Hall–Kier alpha value is -3.35. The molecule has 0 unspecified atom stereocenters. The molecule has 0 bridgehead atoms. The zero-order chi connectivity index (χ0) is 30.0. The molecule has 220 valence electrons. The van der Waals surface area contributed by atoms with Crippen molar-refractivity contribution < 1.29 is 49.0 Å². The number of rotatable bonds is 5. The maximum absolute atomic E-state index is 13.6. The molecule has 1 aliphatic heterocycles. The highest BCUT2D eigenvalue weighted by Gasteiger charge is 2.53. The average Bonchev–Trinajstić information content (AvgIpc) is 2.92. The van der Waals surface area contributed by atoms with E-state index in [-0.39, 0.29) is 58.7 Å². The number of aliphatic hydroxyl groups excluding tert-OH is 1. The number of aliphatic hydroxyl groups is 2. The summed E-state index contributed by atoms with van der Waals surface area (Å²) in [6.45, 7) is 3.41. The van der Waals surface area contributed by atoms with Crippen molar-refractivity contribution >= 4 is 17.5 Å². The van der Waals surface area contributed by atoms with Crippen molar-refractivity contribution in [1.82, 2.24) is 4.90 Å². The SMILES string of the molecule is CC[C@@]1(O)C[C@H](O[C@H]2C[C@H](N(C)C)[C@@H](O)[C@@H](C)O2)c2c(cc3c(c2O)C(=O)c2c(O)cccc2C3=O)[C@@H]1C(=O)OC. The molecule has 4 N–H and O–H groups in total. The van der Waals surface area contributed by atoms with Crippen molar-refractivity contribution in [2.75, 3.05) is 21.2 Å². The van der Waals surface area contributed by atoms with Crippen molar-refractivity contribution in [2.45, 2.75) is 75.3 Å². The van der Waals surface area contributed by atoms with Gasteiger partial charge in [-0.3, -0.25) is 14.4 Å². The van der Waals surface area contributed by atoms with Gasteiger partial charge >= 0.3 is 5.97 Å². The quantitative estimate of drug-likeness (QED) is 0.333. The number of phenolic OH excluding ortho intramolecular Hbond substituents is 2. The number of ketones is 2. The number of methoxy groups -OCH3 is 1. The van der Waals surface area contributed by atoms with E-state index >= 15 is 0 Å². The largest absolute Gasteiger partial charge is 0.507 e. The number of carbonyl (C=O) groups is 3. The molecule has 1 heterocycles. The lowest BCUT2D eigenvalue weighted by Gasteiger charge is -2.46. The van der Waals surface area contributed by atoms with Gasteiger partial charge in [0.15, 0.2) is 12.1 Å². The lowest BCUT2D eigenvalue weighted by Crippen LogP contribution is -2.54. The molecule has 0 amide bonds. The van der Waals surface area contributed by atoms with Crippen LogP contribution in [0.2, 0.25) is 0 Å². The summed E-state index contributed by atoms with van der Waals surface area (Å²) in [5.41, 5.74) is -2.27. The number of nitrogens with zero attached hydrogens (tertiary/aromatic N) is 1. The number of benzene rings is 2. The summed E-state index contributed by atoms with van der Waals surface area (Å²) < 4.78 is 17.3. The second-order valence-electron chi connectivity index (χ2n) is 11.3. The highest BCUT2D eigenvalue weighted by Crippen LogP contribution is 2.54. The minimum Gasteiger partial charge on any atom is -0.507 e. The normalized spacial score (nSPS) is 30.9. The van der Waals surface area contributed by atoms with Crippen LogP contribution in [0.1, 0.15) is 88.1 Å². The van der Waals surface area contributed by atoms with Gasteiger partial charge in [-0.15, -0.1) is 0 Å². The summed E-state index contributed by atoms with van der Waals surface area (Å²) in [6, 6.07) is 5.14. The van der Waals surface area contributed by atoms with Crippen LogP contribution in [0.15, 0.2) is 24.3 Å². The van der Waals surface area contributed by atoms with Gasteiger partial charge in [0, 0.05) is 35.6 Å². The first-order valence-electron chi connectivity index (χ1n) is 13.6. The first kappa shape index (κ1) is 29.2. The van der Waals surface area contributed by atoms with Gasteiger partial charge in [-0.1, -0.05) is 19.1 Å². The second-order valence-corrected chi connectivity index (χ2v) is 11.3. The predicted molar refractivity (Wildman–Crippen MR) is 144 cm³/mol. The summed E-state index contributed by atoms with van der Waals surface area (Å²) in [7, 11) is 4.82. The second kappa shape index (κ2) is 10.5. The molecule has 2 aromatic rings. The maximum Gasteiger partial charge on any atom is 0.316 e. The van der Waals surface area contributed by atoms with E-state index in [9.17, 15) is 34.8 Å². The van der Waals surface area contributed by atoms with Crippen molar-refractivity contribution in [2.24, 2.45) is 0 Å². The van der Waals surface area contributed by atoms with E-state index in [1.807, 2.05) is 19.0 Å². The van der Waals surface area contributed by atoms with Gasteiger partial charge in [0.2, 0.25) is 5.78 Å². The number of aromatic hydroxyl groups is 2. The van der Waals surface area contributed by atoms with E-state index in [4.69, 9.17) is 14.2 Å². The molecule has 3 aliphatic rings. The number of phenols is 2. The molecule has 7 atom stereocenters. The first-order valence-corrected chi connectivity index (χ1v) is 13.6. The molecule has 0 aromatic heterocycles. The molecule has 5 rings (SSSR count). The Morgan fingerprint density at radius 3 is 2.49 bits per heavy atom. The number of likely N-dealkylation sites (N-methyl/N-ethyl adjacent to an activating group) is 1. The fourth-order valence-corrected chi connectivity index (χ4v) is 6.50. The van der Waals surface area contributed by atoms with Crippen LogP contribution in [0.25, 0.3) is 0 Å². The minimum atomic E-state index is -1.69. The van der Waals surface area contributed by atoms with Crippen molar-refractivity contribution in [3.63, 3.8) is 0 Å². The standard InChI is InChI=1S/C30H35NO10/c1-6-30(38)12-19(41-20-11-17(31(3)4)25(33)13(2)40-20)22-15(24(30)29(37)39-5)10-16-23(28(22)36)27(35)21-14(26(16)34)8-7-9-18(21)32/h7-10,13,17,19-20,24-25,32-33,36,38H,6,11-12H2,1-5H3/t13-,17+,19+,20+,24-,25+,30-/m1/s1. The Bertz CT molecular complexity index is 1420. The molecular weight excluding hydrogens is 534 g/mol. The third-order valence-electron chi connectivity index (χ3n) is 8.77. The Labute approximate surface area is 237 Å². The highest BCUT2D eigenvalue weighted by atomic mass is 16.7. The summed E-state index contributed by atoms with van der Waals surface area (Å²) in [5, 5.41) is 44.5. The van der Waals surface area contributed by atoms with E-state index in [0.29, 0.717) is 0 Å². The number of hydrogen-bond donors (Lipinski definition) is 4. The monoisotopic (exact) mass is 569 g/mol. The van der Waals surface area contributed by atoms with Gasteiger partial charge in [0.1, 0.15) is 17.4 Å². The van der Waals surface area contributed by atoms with E-state index < -0.39 is 65.2 Å². The van der Waals surface area contributed by atoms with E-state index in [1.54, 1.807) is 13.8 Å². The zero-order valence-electron chi connectivity index (χ0n) is 23.6. The molecule has 1 saturated heterocycles. The molecule has 0 saturated carbocycles. The average molecular weight is 570 g/mol. The summed E-state index contributed by atoms with van der Waals surface area (Å²) in [6.07, 6.45) is -3.09. The summed E-state index contributed by atoms with van der Waals surface area (Å²) in [5.74, 6) is -4.42. The van der Waals surface area contributed by atoms with Crippen LogP contribution in [-0.4, -0.2) is 94.2 Å². The van der Waals surface area contributed by atoms with Gasteiger partial charge in [-0.25, -0.2) is 0 Å². The molecule has 11 nitrogen and oxygen atoms in total. The molecule has 1 fully saturated rings. The third kappa shape index (κ3) is 4.52. The number of fused-ring (bicyclic) bond motifs is 3. The van der Waals surface area contributed by atoms with Gasteiger partial charge in [0.25, 0.3) is 0 Å². The Kier molecular flexibility index (Phi) is 7.46. The minimum absolute atomic E-state index is 0.0382.